The molecule has 0 N–H and O–H groups in total. The molecule has 0 fully saturated rings. The van der Waals surface area contributed by atoms with Crippen molar-refractivity contribution >= 4 is 17.3 Å². The van der Waals surface area contributed by atoms with Crippen LogP contribution in [0.25, 0.3) is 5.70 Å². The number of ketones is 2. The summed E-state index contributed by atoms with van der Waals surface area (Å²) in [6.07, 6.45) is 4.54. The van der Waals surface area contributed by atoms with Crippen molar-refractivity contribution in [2.45, 2.75) is 0 Å². The van der Waals surface area contributed by atoms with Gasteiger partial charge in [0.25, 0.3) is 0 Å². The number of carbonyl (C=O) groups is 2. The number of carbonyl (C=O) groups excluding carboxylic acids is 2. The fourth-order valence-electron chi connectivity index (χ4n) is 1.88. The largest absolute Gasteiger partial charge is 0.289 e. The van der Waals surface area contributed by atoms with Crippen molar-refractivity contribution in [1.82, 2.24) is 9.78 Å². The monoisotopic (exact) mass is 224 g/mol. The van der Waals surface area contributed by atoms with E-state index in [4.69, 9.17) is 0 Å². The van der Waals surface area contributed by atoms with E-state index in [1.807, 2.05) is 0 Å². The van der Waals surface area contributed by atoms with E-state index in [0.717, 1.165) is 0 Å². The van der Waals surface area contributed by atoms with Gasteiger partial charge in [-0.3, -0.25) is 9.59 Å². The highest BCUT2D eigenvalue weighted by molar-refractivity contribution is 6.35. The van der Waals surface area contributed by atoms with Crippen LogP contribution in [0.5, 0.6) is 0 Å². The molecular weight excluding hydrogens is 216 g/mol. The number of benzene rings is 1. The normalized spacial score (nSPS) is 14.5. The average Bonchev–Trinajstić information content (AvgIpc) is 2.87. The van der Waals surface area contributed by atoms with Gasteiger partial charge < -0.3 is 0 Å². The number of allylic oxidation sites excluding steroid dienone is 2. The van der Waals surface area contributed by atoms with E-state index < -0.39 is 0 Å². The lowest BCUT2D eigenvalue weighted by Gasteiger charge is -2.14. The summed E-state index contributed by atoms with van der Waals surface area (Å²) < 4.78 is 1.41. The van der Waals surface area contributed by atoms with Crippen molar-refractivity contribution in [3.8, 4) is 0 Å². The number of rotatable bonds is 1. The van der Waals surface area contributed by atoms with Crippen LogP contribution in [0.1, 0.15) is 20.7 Å². The van der Waals surface area contributed by atoms with Crippen molar-refractivity contribution in [3.63, 3.8) is 0 Å². The number of aromatic nitrogens is 2. The van der Waals surface area contributed by atoms with Gasteiger partial charge in [0.2, 0.25) is 5.78 Å². The molecule has 0 spiro atoms. The molecule has 0 radical (unpaired) electrons. The Morgan fingerprint density at radius 3 is 2.47 bits per heavy atom. The minimum absolute atomic E-state index is 0.161. The molecule has 3 rings (SSSR count). The van der Waals surface area contributed by atoms with Gasteiger partial charge in [0, 0.05) is 29.6 Å². The molecule has 0 aliphatic heterocycles. The van der Waals surface area contributed by atoms with Gasteiger partial charge in [0.1, 0.15) is 5.70 Å². The molecule has 1 aliphatic carbocycles. The highest BCUT2D eigenvalue weighted by Crippen LogP contribution is 2.23. The maximum Gasteiger partial charge on any atom is 0.212 e. The second-order valence-electron chi connectivity index (χ2n) is 3.72. The van der Waals surface area contributed by atoms with Gasteiger partial charge in [-0.25, -0.2) is 4.68 Å². The molecule has 1 aliphatic rings. The van der Waals surface area contributed by atoms with Gasteiger partial charge >= 0.3 is 0 Å². The summed E-state index contributed by atoms with van der Waals surface area (Å²) >= 11 is 0. The zero-order valence-electron chi connectivity index (χ0n) is 8.83. The smallest absolute Gasteiger partial charge is 0.212 e. The molecule has 82 valence electrons. The summed E-state index contributed by atoms with van der Waals surface area (Å²) in [5.74, 6) is -0.338. The number of fused-ring (bicyclic) bond motifs is 1. The highest BCUT2D eigenvalue weighted by atomic mass is 16.1. The lowest BCUT2D eigenvalue weighted by Crippen LogP contribution is -2.19. The Morgan fingerprint density at radius 1 is 1.00 bits per heavy atom. The number of hydrogen-bond donors (Lipinski definition) is 0. The van der Waals surface area contributed by atoms with Crippen LogP contribution in [0.15, 0.2) is 48.8 Å². The zero-order chi connectivity index (χ0) is 11.8. The Balaban J connectivity index is 2.18. The first kappa shape index (κ1) is 9.72. The molecular formula is C13H8N2O2. The van der Waals surface area contributed by atoms with Crippen molar-refractivity contribution in [2.75, 3.05) is 0 Å². The van der Waals surface area contributed by atoms with Crippen LogP contribution in [-0.2, 0) is 0 Å². The van der Waals surface area contributed by atoms with Crippen LogP contribution in [0.3, 0.4) is 0 Å². The van der Waals surface area contributed by atoms with Gasteiger partial charge in [-0.1, -0.05) is 24.3 Å². The van der Waals surface area contributed by atoms with Gasteiger partial charge in [0.05, 0.1) is 0 Å². The third-order valence-corrected chi connectivity index (χ3v) is 2.69. The van der Waals surface area contributed by atoms with Crippen LogP contribution in [0.4, 0.5) is 0 Å². The molecule has 4 nitrogen and oxygen atoms in total. The van der Waals surface area contributed by atoms with Gasteiger partial charge in [0.15, 0.2) is 5.78 Å². The first-order valence-corrected chi connectivity index (χ1v) is 5.17. The molecule has 4 heteroatoms. The standard InChI is InChI=1S/C13H8N2O2/c16-12-8-11(15-7-3-6-14-15)13(17)10-5-2-1-4-9(10)12/h1-8H. The SMILES string of the molecule is O=C1C=C(n2cccn2)C(=O)c2ccccc21. The van der Waals surface area contributed by atoms with E-state index in [2.05, 4.69) is 5.10 Å². The predicted molar refractivity (Wildman–Crippen MR) is 61.6 cm³/mol. The van der Waals surface area contributed by atoms with E-state index in [0.29, 0.717) is 16.8 Å². The summed E-state index contributed by atoms with van der Waals surface area (Å²) in [7, 11) is 0. The van der Waals surface area contributed by atoms with E-state index in [-0.39, 0.29) is 11.6 Å². The lowest BCUT2D eigenvalue weighted by atomic mass is 9.93. The molecule has 0 saturated carbocycles. The fraction of sp³-hybridized carbons (Fsp3) is 0. The molecule has 0 saturated heterocycles. The van der Waals surface area contributed by atoms with Gasteiger partial charge in [-0.2, -0.15) is 5.10 Å². The quantitative estimate of drug-likeness (QED) is 0.742. The molecule has 1 aromatic heterocycles. The topological polar surface area (TPSA) is 52.0 Å². The van der Waals surface area contributed by atoms with Crippen molar-refractivity contribution in [1.29, 1.82) is 0 Å². The number of nitrogens with zero attached hydrogens (tertiary/aromatic N) is 2. The van der Waals surface area contributed by atoms with Gasteiger partial charge in [-0.05, 0) is 6.07 Å². The average molecular weight is 224 g/mol. The summed E-state index contributed by atoms with van der Waals surface area (Å²) in [5.41, 5.74) is 1.18. The number of Topliss-reactive ketones (excluding diaryl/α,β-unsaturated/α-hetero) is 1. The van der Waals surface area contributed by atoms with Crippen LogP contribution in [-0.4, -0.2) is 21.3 Å². The van der Waals surface area contributed by atoms with E-state index in [1.165, 1.54) is 10.8 Å². The van der Waals surface area contributed by atoms with Crippen molar-refractivity contribution < 1.29 is 9.59 Å². The maximum atomic E-state index is 12.2. The van der Waals surface area contributed by atoms with Crippen LogP contribution < -0.4 is 0 Å². The Kier molecular flexibility index (Phi) is 2.01. The predicted octanol–water partition coefficient (Wildman–Crippen LogP) is 1.80. The summed E-state index contributed by atoms with van der Waals surface area (Å²) in [6, 6.07) is 8.52. The molecule has 0 atom stereocenters. The van der Waals surface area contributed by atoms with Crippen molar-refractivity contribution in [3.05, 3.63) is 59.9 Å². The summed E-state index contributed by atoms with van der Waals surface area (Å²) in [4.78, 5) is 24.0. The van der Waals surface area contributed by atoms with E-state index in [1.54, 1.807) is 42.7 Å². The van der Waals surface area contributed by atoms with Gasteiger partial charge in [-0.15, -0.1) is 0 Å². The highest BCUT2D eigenvalue weighted by Gasteiger charge is 2.26. The van der Waals surface area contributed by atoms with E-state index >= 15 is 0 Å². The molecule has 17 heavy (non-hydrogen) atoms. The molecule has 0 unspecified atom stereocenters. The summed E-state index contributed by atoms with van der Waals surface area (Å²) in [5, 5.41) is 3.97. The first-order valence-electron chi connectivity index (χ1n) is 5.17. The second-order valence-corrected chi connectivity index (χ2v) is 3.72. The molecule has 1 aromatic carbocycles. The van der Waals surface area contributed by atoms with Crippen LogP contribution >= 0.6 is 0 Å². The summed E-state index contributed by atoms with van der Waals surface area (Å²) in [6.45, 7) is 0. The van der Waals surface area contributed by atoms with Crippen LogP contribution in [0.2, 0.25) is 0 Å². The first-order chi connectivity index (χ1) is 8.27. The third-order valence-electron chi connectivity index (χ3n) is 2.69. The minimum atomic E-state index is -0.177. The van der Waals surface area contributed by atoms with Crippen LogP contribution in [0, 0.1) is 0 Å². The van der Waals surface area contributed by atoms with E-state index in [9.17, 15) is 9.59 Å². The second kappa shape index (κ2) is 3.52. The molecule has 0 amide bonds. The Hall–Kier alpha value is -2.49. The minimum Gasteiger partial charge on any atom is -0.289 e. The third kappa shape index (κ3) is 1.42. The number of hydrogen-bond acceptors (Lipinski definition) is 3. The lowest BCUT2D eigenvalue weighted by molar-refractivity contribution is 0.0997. The Labute approximate surface area is 97.2 Å². The maximum absolute atomic E-state index is 12.2. The molecule has 0 bridgehead atoms. The zero-order valence-corrected chi connectivity index (χ0v) is 8.83. The Morgan fingerprint density at radius 2 is 1.76 bits per heavy atom. The fourth-order valence-corrected chi connectivity index (χ4v) is 1.88. The molecule has 2 aromatic rings. The Bertz CT molecular complexity index is 639. The van der Waals surface area contributed by atoms with Crippen molar-refractivity contribution in [2.24, 2.45) is 0 Å². The molecule has 1 heterocycles.